The molecule has 4 rings (SSSR count). The molecule has 0 spiro atoms. The zero-order valence-electron chi connectivity index (χ0n) is 16.3. The highest BCUT2D eigenvalue weighted by atomic mass is 16.5. The van der Waals surface area contributed by atoms with Crippen molar-refractivity contribution in [3.8, 4) is 5.75 Å². The van der Waals surface area contributed by atoms with Gasteiger partial charge in [-0.15, -0.1) is 0 Å². The van der Waals surface area contributed by atoms with Crippen molar-refractivity contribution >= 4 is 5.91 Å². The first-order valence-electron chi connectivity index (χ1n) is 10.5. The van der Waals surface area contributed by atoms with E-state index in [0.29, 0.717) is 12.0 Å². The smallest absolute Gasteiger partial charge is 0.258 e. The molecule has 1 saturated heterocycles. The summed E-state index contributed by atoms with van der Waals surface area (Å²) in [5.74, 6) is 3.11. The molecule has 1 aromatic rings. The van der Waals surface area contributed by atoms with Crippen molar-refractivity contribution in [1.29, 1.82) is 0 Å². The summed E-state index contributed by atoms with van der Waals surface area (Å²) in [4.78, 5) is 12.3. The number of morpholine rings is 1. The summed E-state index contributed by atoms with van der Waals surface area (Å²) in [5.41, 5.74) is 1.25. The van der Waals surface area contributed by atoms with Gasteiger partial charge in [0.25, 0.3) is 5.91 Å². The largest absolute Gasteiger partial charge is 0.484 e. The first-order valence-corrected chi connectivity index (χ1v) is 10.5. The van der Waals surface area contributed by atoms with E-state index in [4.69, 9.17) is 9.47 Å². The SMILES string of the molecule is CC(NC(=O)COc1ccc(C[C@@H]2COCCN2)cc1)C1CC2CCC1C2. The van der Waals surface area contributed by atoms with Crippen LogP contribution in [0.4, 0.5) is 0 Å². The lowest BCUT2D eigenvalue weighted by Crippen LogP contribution is -2.42. The molecule has 2 N–H and O–H groups in total. The molecular weight excluding hydrogens is 340 g/mol. The third-order valence-electron chi connectivity index (χ3n) is 6.60. The Balaban J connectivity index is 1.19. The molecule has 5 nitrogen and oxygen atoms in total. The summed E-state index contributed by atoms with van der Waals surface area (Å²) >= 11 is 0. The molecule has 5 atom stereocenters. The second kappa shape index (κ2) is 8.61. The van der Waals surface area contributed by atoms with Crippen molar-refractivity contribution in [2.75, 3.05) is 26.4 Å². The van der Waals surface area contributed by atoms with Gasteiger partial charge in [0, 0.05) is 18.6 Å². The maximum absolute atomic E-state index is 12.3. The van der Waals surface area contributed by atoms with E-state index in [9.17, 15) is 4.79 Å². The van der Waals surface area contributed by atoms with E-state index in [1.807, 2.05) is 12.1 Å². The van der Waals surface area contributed by atoms with Gasteiger partial charge in [0.1, 0.15) is 5.75 Å². The van der Waals surface area contributed by atoms with Crippen LogP contribution in [0.5, 0.6) is 5.75 Å². The van der Waals surface area contributed by atoms with Crippen molar-refractivity contribution in [2.45, 2.75) is 51.1 Å². The van der Waals surface area contributed by atoms with E-state index in [2.05, 4.69) is 29.7 Å². The fourth-order valence-electron chi connectivity index (χ4n) is 5.21. The molecule has 2 saturated carbocycles. The van der Waals surface area contributed by atoms with E-state index in [-0.39, 0.29) is 18.6 Å². The molecule has 1 amide bonds. The van der Waals surface area contributed by atoms with Crippen LogP contribution in [0, 0.1) is 17.8 Å². The molecule has 5 heteroatoms. The van der Waals surface area contributed by atoms with E-state index in [1.165, 1.54) is 31.2 Å². The number of benzene rings is 1. The number of carbonyl (C=O) groups is 1. The van der Waals surface area contributed by atoms with Crippen LogP contribution in [0.15, 0.2) is 24.3 Å². The number of hydrogen-bond donors (Lipinski definition) is 2. The highest BCUT2D eigenvalue weighted by Crippen LogP contribution is 2.49. The highest BCUT2D eigenvalue weighted by Gasteiger charge is 2.42. The van der Waals surface area contributed by atoms with Gasteiger partial charge < -0.3 is 20.1 Å². The summed E-state index contributed by atoms with van der Waals surface area (Å²) in [7, 11) is 0. The minimum Gasteiger partial charge on any atom is -0.484 e. The van der Waals surface area contributed by atoms with Crippen LogP contribution in [-0.2, 0) is 16.0 Å². The van der Waals surface area contributed by atoms with Crippen molar-refractivity contribution in [3.63, 3.8) is 0 Å². The van der Waals surface area contributed by atoms with Crippen LogP contribution >= 0.6 is 0 Å². The van der Waals surface area contributed by atoms with Crippen LogP contribution in [0.25, 0.3) is 0 Å². The average Bonchev–Trinajstić information content (AvgIpc) is 3.32. The van der Waals surface area contributed by atoms with Gasteiger partial charge in [-0.3, -0.25) is 4.79 Å². The first kappa shape index (κ1) is 18.8. The third kappa shape index (κ3) is 4.82. The molecule has 2 aliphatic carbocycles. The van der Waals surface area contributed by atoms with Crippen LogP contribution < -0.4 is 15.4 Å². The zero-order valence-corrected chi connectivity index (χ0v) is 16.3. The maximum Gasteiger partial charge on any atom is 0.258 e. The summed E-state index contributed by atoms with van der Waals surface area (Å²) in [6.07, 6.45) is 6.35. The topological polar surface area (TPSA) is 59.6 Å². The van der Waals surface area contributed by atoms with E-state index in [0.717, 1.165) is 43.8 Å². The number of fused-ring (bicyclic) bond motifs is 2. The van der Waals surface area contributed by atoms with Crippen molar-refractivity contribution < 1.29 is 14.3 Å². The van der Waals surface area contributed by atoms with Crippen molar-refractivity contribution in [3.05, 3.63) is 29.8 Å². The van der Waals surface area contributed by atoms with Gasteiger partial charge in [-0.2, -0.15) is 0 Å². The quantitative estimate of drug-likeness (QED) is 0.772. The lowest BCUT2D eigenvalue weighted by Gasteiger charge is -2.28. The Kier molecular flexibility index (Phi) is 5.98. The molecule has 1 heterocycles. The van der Waals surface area contributed by atoms with Crippen LogP contribution in [0.1, 0.15) is 38.2 Å². The highest BCUT2D eigenvalue weighted by molar-refractivity contribution is 5.77. The van der Waals surface area contributed by atoms with Crippen LogP contribution in [0.3, 0.4) is 0 Å². The van der Waals surface area contributed by atoms with Crippen LogP contribution in [0.2, 0.25) is 0 Å². The Morgan fingerprint density at radius 3 is 2.81 bits per heavy atom. The van der Waals surface area contributed by atoms with E-state index >= 15 is 0 Å². The molecule has 27 heavy (non-hydrogen) atoms. The number of rotatable bonds is 7. The summed E-state index contributed by atoms with van der Waals surface area (Å²) in [6, 6.07) is 8.67. The Morgan fingerprint density at radius 1 is 1.30 bits per heavy atom. The zero-order chi connectivity index (χ0) is 18.6. The molecule has 3 fully saturated rings. The van der Waals surface area contributed by atoms with Gasteiger partial charge in [0.05, 0.1) is 13.2 Å². The maximum atomic E-state index is 12.3. The Hall–Kier alpha value is -1.59. The number of carbonyl (C=O) groups excluding carboxylic acids is 1. The molecule has 148 valence electrons. The van der Waals surface area contributed by atoms with Gasteiger partial charge in [-0.05, 0) is 68.1 Å². The molecule has 1 aromatic carbocycles. The van der Waals surface area contributed by atoms with Crippen molar-refractivity contribution in [1.82, 2.24) is 10.6 Å². The van der Waals surface area contributed by atoms with Gasteiger partial charge >= 0.3 is 0 Å². The Morgan fingerprint density at radius 2 is 2.15 bits per heavy atom. The van der Waals surface area contributed by atoms with Gasteiger partial charge in [-0.1, -0.05) is 18.6 Å². The Labute approximate surface area is 162 Å². The lowest BCUT2D eigenvalue weighted by atomic mass is 9.84. The molecule has 4 unspecified atom stereocenters. The number of hydrogen-bond acceptors (Lipinski definition) is 4. The molecular formula is C22H32N2O3. The van der Waals surface area contributed by atoms with Gasteiger partial charge in [0.15, 0.2) is 6.61 Å². The summed E-state index contributed by atoms with van der Waals surface area (Å²) < 4.78 is 11.2. The summed E-state index contributed by atoms with van der Waals surface area (Å²) in [6.45, 7) is 4.72. The van der Waals surface area contributed by atoms with E-state index < -0.39 is 0 Å². The van der Waals surface area contributed by atoms with Crippen molar-refractivity contribution in [2.24, 2.45) is 17.8 Å². The Bertz CT molecular complexity index is 627. The molecule has 0 radical (unpaired) electrons. The molecule has 1 aliphatic heterocycles. The minimum atomic E-state index is -0.0158. The molecule has 2 bridgehead atoms. The lowest BCUT2D eigenvalue weighted by molar-refractivity contribution is -0.124. The third-order valence-corrected chi connectivity index (χ3v) is 6.60. The fourth-order valence-corrected chi connectivity index (χ4v) is 5.21. The summed E-state index contributed by atoms with van der Waals surface area (Å²) in [5, 5.41) is 6.62. The average molecular weight is 373 g/mol. The predicted molar refractivity (Wildman–Crippen MR) is 105 cm³/mol. The second-order valence-corrected chi connectivity index (χ2v) is 8.56. The second-order valence-electron chi connectivity index (χ2n) is 8.56. The normalized spacial score (nSPS) is 30.9. The fraction of sp³-hybridized carbons (Fsp3) is 0.682. The molecule has 3 aliphatic rings. The number of ether oxygens (including phenoxy) is 2. The number of nitrogens with one attached hydrogen (secondary N) is 2. The molecule has 0 aromatic heterocycles. The van der Waals surface area contributed by atoms with Gasteiger partial charge in [-0.25, -0.2) is 0 Å². The minimum absolute atomic E-state index is 0.0158. The number of amides is 1. The predicted octanol–water partition coefficient (Wildman–Crippen LogP) is 2.54. The van der Waals surface area contributed by atoms with Gasteiger partial charge in [0.2, 0.25) is 0 Å². The monoisotopic (exact) mass is 372 g/mol. The van der Waals surface area contributed by atoms with Crippen LogP contribution in [-0.4, -0.2) is 44.4 Å². The standard InChI is InChI=1S/C22H32N2O3/c1-15(21-12-17-2-5-18(21)10-17)24-22(25)14-27-20-6-3-16(4-7-20)11-19-13-26-9-8-23-19/h3-4,6-7,15,17-19,21,23H,2,5,8-14H2,1H3,(H,24,25)/t15?,17?,18?,19-,21?/m1/s1. The first-order chi connectivity index (χ1) is 13.2. The van der Waals surface area contributed by atoms with E-state index in [1.54, 1.807) is 0 Å².